The van der Waals surface area contributed by atoms with Gasteiger partial charge in [0, 0.05) is 17.6 Å². The lowest BCUT2D eigenvalue weighted by Gasteiger charge is -2.20. The zero-order chi connectivity index (χ0) is 13.5. The van der Waals surface area contributed by atoms with Crippen molar-refractivity contribution in [2.75, 3.05) is 18.4 Å². The van der Waals surface area contributed by atoms with Crippen molar-refractivity contribution < 1.29 is 14.7 Å². The molecule has 0 spiro atoms. The maximum Gasteiger partial charge on any atom is 0.321 e. The van der Waals surface area contributed by atoms with Gasteiger partial charge in [0.2, 0.25) is 0 Å². The van der Waals surface area contributed by atoms with Gasteiger partial charge in [-0.2, -0.15) is 0 Å². The van der Waals surface area contributed by atoms with Crippen molar-refractivity contribution in [2.24, 2.45) is 0 Å². The van der Waals surface area contributed by atoms with E-state index in [-0.39, 0.29) is 19.0 Å². The third kappa shape index (κ3) is 4.37. The Kier molecular flexibility index (Phi) is 5.64. The number of rotatable bonds is 5. The van der Waals surface area contributed by atoms with E-state index in [0.717, 1.165) is 4.47 Å². The van der Waals surface area contributed by atoms with Crippen LogP contribution in [0.15, 0.2) is 28.7 Å². The second-order valence-corrected chi connectivity index (χ2v) is 4.49. The van der Waals surface area contributed by atoms with Crippen LogP contribution in [0, 0.1) is 0 Å². The molecule has 0 heterocycles. The number of carboxylic acids is 1. The van der Waals surface area contributed by atoms with Crippen molar-refractivity contribution in [2.45, 2.75) is 13.3 Å². The van der Waals surface area contributed by atoms with Gasteiger partial charge >= 0.3 is 12.0 Å². The van der Waals surface area contributed by atoms with Gasteiger partial charge in [-0.05, 0) is 35.0 Å². The van der Waals surface area contributed by atoms with Crippen LogP contribution in [0.5, 0.6) is 0 Å². The van der Waals surface area contributed by atoms with E-state index < -0.39 is 5.97 Å². The molecule has 0 aliphatic carbocycles. The lowest BCUT2D eigenvalue weighted by Crippen LogP contribution is -2.36. The van der Waals surface area contributed by atoms with Crippen LogP contribution < -0.4 is 5.32 Å². The van der Waals surface area contributed by atoms with Crippen LogP contribution in [0.25, 0.3) is 0 Å². The fourth-order valence-corrected chi connectivity index (χ4v) is 1.77. The molecule has 0 saturated carbocycles. The number of carboxylic acid groups (broad SMARTS) is 1. The fourth-order valence-electron chi connectivity index (χ4n) is 1.39. The molecule has 5 nitrogen and oxygen atoms in total. The van der Waals surface area contributed by atoms with Crippen molar-refractivity contribution in [3.63, 3.8) is 0 Å². The Morgan fingerprint density at radius 1 is 1.39 bits per heavy atom. The van der Waals surface area contributed by atoms with Gasteiger partial charge in [0.15, 0.2) is 0 Å². The summed E-state index contributed by atoms with van der Waals surface area (Å²) in [6, 6.07) is 6.96. The predicted octanol–water partition coefficient (Wildman–Crippen LogP) is 2.78. The lowest BCUT2D eigenvalue weighted by atomic mass is 10.3. The first-order chi connectivity index (χ1) is 8.54. The number of benzene rings is 1. The van der Waals surface area contributed by atoms with Crippen LogP contribution >= 0.6 is 15.9 Å². The molecule has 0 unspecified atom stereocenters. The molecule has 0 aliphatic heterocycles. The number of hydrogen-bond donors (Lipinski definition) is 2. The molecule has 0 saturated heterocycles. The Balaban J connectivity index is 2.62. The molecule has 0 bridgehead atoms. The molecule has 0 aromatic heterocycles. The molecule has 2 amide bonds. The molecule has 6 heteroatoms. The highest BCUT2D eigenvalue weighted by atomic mass is 79.9. The standard InChI is InChI=1S/C12H15BrN2O3/c1-2-15(8-7-11(16)17)12(18)14-10-6-4-3-5-9(10)13/h3-6H,2,7-8H2,1H3,(H,14,18)(H,16,17). The highest BCUT2D eigenvalue weighted by molar-refractivity contribution is 9.10. The summed E-state index contributed by atoms with van der Waals surface area (Å²) in [4.78, 5) is 23.9. The number of halogens is 1. The molecule has 0 radical (unpaired) electrons. The molecule has 0 fully saturated rings. The van der Waals surface area contributed by atoms with E-state index in [9.17, 15) is 9.59 Å². The van der Waals surface area contributed by atoms with E-state index in [2.05, 4.69) is 21.2 Å². The highest BCUT2D eigenvalue weighted by Gasteiger charge is 2.13. The number of carbonyl (C=O) groups excluding carboxylic acids is 1. The zero-order valence-corrected chi connectivity index (χ0v) is 11.6. The van der Waals surface area contributed by atoms with Gasteiger partial charge in [0.05, 0.1) is 12.1 Å². The number of nitrogens with zero attached hydrogens (tertiary/aromatic N) is 1. The average Bonchev–Trinajstić information content (AvgIpc) is 2.32. The summed E-state index contributed by atoms with van der Waals surface area (Å²) in [5.41, 5.74) is 0.663. The van der Waals surface area contributed by atoms with E-state index in [4.69, 9.17) is 5.11 Å². The first kappa shape index (κ1) is 14.5. The summed E-state index contributed by atoms with van der Waals surface area (Å²) in [6.07, 6.45) is -0.0583. The van der Waals surface area contributed by atoms with Gasteiger partial charge in [-0.15, -0.1) is 0 Å². The van der Waals surface area contributed by atoms with E-state index in [1.807, 2.05) is 25.1 Å². The summed E-state index contributed by atoms with van der Waals surface area (Å²) in [5, 5.41) is 11.3. The molecule has 98 valence electrons. The molecular formula is C12H15BrN2O3. The molecule has 18 heavy (non-hydrogen) atoms. The largest absolute Gasteiger partial charge is 0.481 e. The number of nitrogens with one attached hydrogen (secondary N) is 1. The van der Waals surface area contributed by atoms with Crippen LogP contribution in [0.2, 0.25) is 0 Å². The third-order valence-electron chi connectivity index (χ3n) is 2.38. The molecule has 2 N–H and O–H groups in total. The minimum absolute atomic E-state index is 0.0583. The van der Waals surface area contributed by atoms with Crippen molar-refractivity contribution >= 4 is 33.6 Å². The van der Waals surface area contributed by atoms with Crippen molar-refractivity contribution in [1.82, 2.24) is 4.90 Å². The number of hydrogen-bond acceptors (Lipinski definition) is 2. The van der Waals surface area contributed by atoms with Gasteiger partial charge in [-0.25, -0.2) is 4.79 Å². The number of para-hydroxylation sites is 1. The number of amides is 2. The van der Waals surface area contributed by atoms with Crippen LogP contribution in [0.1, 0.15) is 13.3 Å². The van der Waals surface area contributed by atoms with E-state index >= 15 is 0 Å². The Bertz CT molecular complexity index is 437. The summed E-state index contributed by atoms with van der Waals surface area (Å²) in [5.74, 6) is -0.915. The topological polar surface area (TPSA) is 69.6 Å². The Labute approximate surface area is 114 Å². The van der Waals surface area contributed by atoms with Crippen molar-refractivity contribution in [3.05, 3.63) is 28.7 Å². The first-order valence-electron chi connectivity index (χ1n) is 5.56. The minimum Gasteiger partial charge on any atom is -0.481 e. The van der Waals surface area contributed by atoms with Gasteiger partial charge in [0.1, 0.15) is 0 Å². The smallest absolute Gasteiger partial charge is 0.321 e. The van der Waals surface area contributed by atoms with Gasteiger partial charge in [0.25, 0.3) is 0 Å². The van der Waals surface area contributed by atoms with Crippen LogP contribution in [0.3, 0.4) is 0 Å². The van der Waals surface area contributed by atoms with Crippen LogP contribution in [-0.4, -0.2) is 35.1 Å². The van der Waals surface area contributed by atoms with Gasteiger partial charge in [-0.3, -0.25) is 4.79 Å². The summed E-state index contributed by atoms with van der Waals surface area (Å²) >= 11 is 3.33. The van der Waals surface area contributed by atoms with Gasteiger partial charge in [-0.1, -0.05) is 12.1 Å². The Morgan fingerprint density at radius 2 is 2.06 bits per heavy atom. The second kappa shape index (κ2) is 7.00. The molecule has 1 aromatic rings. The van der Waals surface area contributed by atoms with E-state index in [0.29, 0.717) is 12.2 Å². The van der Waals surface area contributed by atoms with E-state index in [1.165, 1.54) is 4.90 Å². The zero-order valence-electron chi connectivity index (χ0n) is 10.0. The normalized spacial score (nSPS) is 9.89. The summed E-state index contributed by atoms with van der Waals surface area (Å²) in [6.45, 7) is 2.47. The van der Waals surface area contributed by atoms with Crippen molar-refractivity contribution in [3.8, 4) is 0 Å². The predicted molar refractivity (Wildman–Crippen MR) is 72.7 cm³/mol. The second-order valence-electron chi connectivity index (χ2n) is 3.63. The lowest BCUT2D eigenvalue weighted by molar-refractivity contribution is -0.137. The molecule has 0 aliphatic rings. The maximum absolute atomic E-state index is 11.9. The van der Waals surface area contributed by atoms with Crippen LogP contribution in [-0.2, 0) is 4.79 Å². The minimum atomic E-state index is -0.915. The molecule has 0 atom stereocenters. The number of urea groups is 1. The number of carbonyl (C=O) groups is 2. The quantitative estimate of drug-likeness (QED) is 0.878. The molecule has 1 aromatic carbocycles. The van der Waals surface area contributed by atoms with E-state index in [1.54, 1.807) is 6.07 Å². The highest BCUT2D eigenvalue weighted by Crippen LogP contribution is 2.21. The van der Waals surface area contributed by atoms with Crippen molar-refractivity contribution in [1.29, 1.82) is 0 Å². The maximum atomic E-state index is 11.9. The third-order valence-corrected chi connectivity index (χ3v) is 3.07. The fraction of sp³-hybridized carbons (Fsp3) is 0.333. The Morgan fingerprint density at radius 3 is 2.61 bits per heavy atom. The summed E-state index contributed by atoms with van der Waals surface area (Å²) in [7, 11) is 0. The Hall–Kier alpha value is -1.56. The molecule has 1 rings (SSSR count). The SMILES string of the molecule is CCN(CCC(=O)O)C(=O)Nc1ccccc1Br. The first-order valence-corrected chi connectivity index (χ1v) is 6.36. The van der Waals surface area contributed by atoms with Crippen LogP contribution in [0.4, 0.5) is 10.5 Å². The average molecular weight is 315 g/mol. The summed E-state index contributed by atoms with van der Waals surface area (Å²) < 4.78 is 0.785. The molecular weight excluding hydrogens is 300 g/mol. The monoisotopic (exact) mass is 314 g/mol. The number of anilines is 1. The van der Waals surface area contributed by atoms with Gasteiger partial charge < -0.3 is 15.3 Å². The number of aliphatic carboxylic acids is 1.